The molecule has 1 fully saturated rings. The number of hydrogen-bond acceptors (Lipinski definition) is 4. The lowest BCUT2D eigenvalue weighted by Gasteiger charge is -2.29. The number of carbonyl (C=O) groups is 3. The van der Waals surface area contributed by atoms with E-state index in [2.05, 4.69) is 10.6 Å². The van der Waals surface area contributed by atoms with Crippen molar-refractivity contribution in [2.24, 2.45) is 5.92 Å². The number of halogens is 1. The molecule has 0 radical (unpaired) electrons. The topological polar surface area (TPSA) is 75.3 Å². The lowest BCUT2D eigenvalue weighted by molar-refractivity contribution is -0.136. The quantitative estimate of drug-likeness (QED) is 0.470. The number of amides is 2. The highest BCUT2D eigenvalue weighted by Gasteiger charge is 2.40. The molecule has 1 aliphatic heterocycles. The fourth-order valence-electron chi connectivity index (χ4n) is 2.98. The van der Waals surface area contributed by atoms with Crippen molar-refractivity contribution in [3.05, 3.63) is 70.7 Å². The summed E-state index contributed by atoms with van der Waals surface area (Å²) in [7, 11) is 0. The van der Waals surface area contributed by atoms with E-state index in [9.17, 15) is 14.4 Å². The molecule has 0 unspecified atom stereocenters. The zero-order chi connectivity index (χ0) is 18.7. The molecule has 132 valence electrons. The summed E-state index contributed by atoms with van der Waals surface area (Å²) in [6, 6.07) is 15.6. The average Bonchev–Trinajstić information content (AvgIpc) is 2.61. The van der Waals surface area contributed by atoms with Crippen LogP contribution in [0.25, 0.3) is 0 Å². The van der Waals surface area contributed by atoms with E-state index >= 15 is 0 Å². The first-order valence-corrected chi connectivity index (χ1v) is 8.73. The van der Waals surface area contributed by atoms with E-state index in [4.69, 9.17) is 23.8 Å². The Kier molecular flexibility index (Phi) is 5.44. The summed E-state index contributed by atoms with van der Waals surface area (Å²) in [4.78, 5) is 37.5. The van der Waals surface area contributed by atoms with E-state index in [0.717, 1.165) is 5.56 Å². The van der Waals surface area contributed by atoms with Crippen LogP contribution >= 0.6 is 23.8 Å². The Bertz CT molecular complexity index is 848. The first-order chi connectivity index (χ1) is 12.5. The third-order valence-electron chi connectivity index (χ3n) is 4.24. The molecule has 5 nitrogen and oxygen atoms in total. The lowest BCUT2D eigenvalue weighted by atomic mass is 9.80. The summed E-state index contributed by atoms with van der Waals surface area (Å²) in [6.45, 7) is 0. The zero-order valence-corrected chi connectivity index (χ0v) is 15.1. The standard InChI is InChI=1S/C19H15ClN2O3S/c20-13-8-6-12(7-9-13)15(23)10-14(11-4-2-1-3-5-11)16-17(24)21-19(26)22-18(16)25/h1-9,14,16H,10H2,(H2,21,22,24,25,26)/t14-/m0/s1. The highest BCUT2D eigenvalue weighted by atomic mass is 35.5. The highest BCUT2D eigenvalue weighted by molar-refractivity contribution is 7.80. The number of benzene rings is 2. The van der Waals surface area contributed by atoms with Crippen LogP contribution in [0.2, 0.25) is 5.02 Å². The van der Waals surface area contributed by atoms with Gasteiger partial charge in [0.15, 0.2) is 10.9 Å². The van der Waals surface area contributed by atoms with Crippen LogP contribution in [0.3, 0.4) is 0 Å². The van der Waals surface area contributed by atoms with E-state index in [-0.39, 0.29) is 17.3 Å². The molecule has 1 aliphatic rings. The fourth-order valence-corrected chi connectivity index (χ4v) is 3.30. The second-order valence-electron chi connectivity index (χ2n) is 5.94. The monoisotopic (exact) mass is 386 g/mol. The normalized spacial score (nSPS) is 16.0. The summed E-state index contributed by atoms with van der Waals surface area (Å²) in [5, 5.41) is 5.43. The maximum Gasteiger partial charge on any atom is 0.239 e. The Morgan fingerprint density at radius 3 is 2.15 bits per heavy atom. The maximum atomic E-state index is 12.7. The molecular weight excluding hydrogens is 372 g/mol. The van der Waals surface area contributed by atoms with Gasteiger partial charge in [-0.25, -0.2) is 0 Å². The Balaban J connectivity index is 1.92. The molecule has 1 saturated heterocycles. The van der Waals surface area contributed by atoms with Crippen molar-refractivity contribution in [2.75, 3.05) is 0 Å². The molecule has 0 spiro atoms. The molecule has 2 N–H and O–H groups in total. The van der Waals surface area contributed by atoms with Gasteiger partial charge in [-0.15, -0.1) is 0 Å². The van der Waals surface area contributed by atoms with Gasteiger partial charge in [0.1, 0.15) is 5.92 Å². The van der Waals surface area contributed by atoms with Crippen molar-refractivity contribution in [1.82, 2.24) is 10.6 Å². The van der Waals surface area contributed by atoms with Crippen LogP contribution in [-0.4, -0.2) is 22.7 Å². The zero-order valence-electron chi connectivity index (χ0n) is 13.6. The van der Waals surface area contributed by atoms with Crippen molar-refractivity contribution in [3.8, 4) is 0 Å². The van der Waals surface area contributed by atoms with Gasteiger partial charge >= 0.3 is 0 Å². The summed E-state index contributed by atoms with van der Waals surface area (Å²) < 4.78 is 0. The highest BCUT2D eigenvalue weighted by Crippen LogP contribution is 2.31. The minimum Gasteiger partial charge on any atom is -0.302 e. The van der Waals surface area contributed by atoms with Gasteiger partial charge < -0.3 is 10.6 Å². The van der Waals surface area contributed by atoms with E-state index in [1.807, 2.05) is 6.07 Å². The van der Waals surface area contributed by atoms with Gasteiger partial charge in [-0.3, -0.25) is 14.4 Å². The second kappa shape index (κ2) is 7.76. The van der Waals surface area contributed by atoms with Crippen LogP contribution in [0.15, 0.2) is 54.6 Å². The summed E-state index contributed by atoms with van der Waals surface area (Å²) in [6.07, 6.45) is 0.00388. The van der Waals surface area contributed by atoms with Crippen LogP contribution in [0.1, 0.15) is 28.3 Å². The van der Waals surface area contributed by atoms with Gasteiger partial charge in [0.2, 0.25) is 11.8 Å². The third kappa shape index (κ3) is 3.98. The Morgan fingerprint density at radius 2 is 1.58 bits per heavy atom. The van der Waals surface area contributed by atoms with Crippen molar-refractivity contribution in [2.45, 2.75) is 12.3 Å². The molecule has 2 amide bonds. The molecule has 0 aliphatic carbocycles. The molecule has 0 bridgehead atoms. The summed E-state index contributed by atoms with van der Waals surface area (Å²) in [5.41, 5.74) is 1.21. The first kappa shape index (κ1) is 18.2. The van der Waals surface area contributed by atoms with Crippen LogP contribution in [0.4, 0.5) is 0 Å². The number of rotatable bonds is 5. The van der Waals surface area contributed by atoms with E-state index in [1.54, 1.807) is 48.5 Å². The van der Waals surface area contributed by atoms with Crippen molar-refractivity contribution in [3.63, 3.8) is 0 Å². The number of nitrogens with one attached hydrogen (secondary N) is 2. The van der Waals surface area contributed by atoms with E-state index < -0.39 is 23.7 Å². The van der Waals surface area contributed by atoms with Crippen molar-refractivity contribution in [1.29, 1.82) is 0 Å². The molecule has 1 atom stereocenters. The maximum absolute atomic E-state index is 12.7. The minimum atomic E-state index is -1.04. The molecule has 2 aromatic rings. The van der Waals surface area contributed by atoms with Crippen molar-refractivity contribution < 1.29 is 14.4 Å². The molecule has 7 heteroatoms. The Morgan fingerprint density at radius 1 is 1.00 bits per heavy atom. The molecular formula is C19H15ClN2O3S. The molecule has 3 rings (SSSR count). The lowest BCUT2D eigenvalue weighted by Crippen LogP contribution is -2.57. The van der Waals surface area contributed by atoms with Gasteiger partial charge in [0.25, 0.3) is 0 Å². The van der Waals surface area contributed by atoms with Crippen LogP contribution < -0.4 is 10.6 Å². The molecule has 1 heterocycles. The van der Waals surface area contributed by atoms with Gasteiger partial charge in [-0.2, -0.15) is 0 Å². The minimum absolute atomic E-state index is 0.00388. The van der Waals surface area contributed by atoms with Gasteiger partial charge in [-0.1, -0.05) is 41.9 Å². The number of hydrogen-bond donors (Lipinski definition) is 2. The molecule has 2 aromatic carbocycles. The number of carbonyl (C=O) groups excluding carboxylic acids is 3. The van der Waals surface area contributed by atoms with Gasteiger partial charge in [0, 0.05) is 22.9 Å². The average molecular weight is 387 g/mol. The van der Waals surface area contributed by atoms with Gasteiger partial charge in [0.05, 0.1) is 0 Å². The summed E-state index contributed by atoms with van der Waals surface area (Å²) >= 11 is 10.7. The first-order valence-electron chi connectivity index (χ1n) is 7.95. The van der Waals surface area contributed by atoms with E-state index in [1.165, 1.54) is 0 Å². The largest absolute Gasteiger partial charge is 0.302 e. The van der Waals surface area contributed by atoms with Gasteiger partial charge in [-0.05, 0) is 42.0 Å². The summed E-state index contributed by atoms with van der Waals surface area (Å²) in [5.74, 6) is -2.83. The third-order valence-corrected chi connectivity index (χ3v) is 4.70. The molecule has 26 heavy (non-hydrogen) atoms. The SMILES string of the molecule is O=C(C[C@@H](c1ccccc1)C1C(=O)NC(=S)NC1=O)c1ccc(Cl)cc1. The predicted molar refractivity (Wildman–Crippen MR) is 102 cm³/mol. The number of ketones is 1. The van der Waals surface area contributed by atoms with Crippen LogP contribution in [0.5, 0.6) is 0 Å². The smallest absolute Gasteiger partial charge is 0.239 e. The predicted octanol–water partition coefficient (Wildman–Crippen LogP) is 2.84. The second-order valence-corrected chi connectivity index (χ2v) is 6.78. The molecule has 0 aromatic heterocycles. The van der Waals surface area contributed by atoms with Crippen LogP contribution in [-0.2, 0) is 9.59 Å². The van der Waals surface area contributed by atoms with Crippen LogP contribution in [0, 0.1) is 5.92 Å². The molecule has 0 saturated carbocycles. The Labute approximate surface area is 160 Å². The van der Waals surface area contributed by atoms with Crippen molar-refractivity contribution >= 4 is 46.5 Å². The Hall–Kier alpha value is -2.57. The number of Topliss-reactive ketones (excluding diaryl/α,β-unsaturated/α-hetero) is 1. The van der Waals surface area contributed by atoms with E-state index in [0.29, 0.717) is 10.6 Å². The fraction of sp³-hybridized carbons (Fsp3) is 0.158. The number of thiocarbonyl (C=S) groups is 1.